The average molecular weight is 334 g/mol. The molecule has 1 aliphatic heterocycles. The second-order valence-electron chi connectivity index (χ2n) is 6.16. The van der Waals surface area contributed by atoms with Crippen molar-refractivity contribution in [2.75, 3.05) is 26.4 Å². The smallest absolute Gasteiger partial charge is 0.157 e. The van der Waals surface area contributed by atoms with Gasteiger partial charge in [-0.1, -0.05) is 42.5 Å². The average Bonchev–Trinajstić information content (AvgIpc) is 3.13. The maximum atomic E-state index is 9.06. The second-order valence-corrected chi connectivity index (χ2v) is 6.16. The van der Waals surface area contributed by atoms with Crippen molar-refractivity contribution in [2.24, 2.45) is 5.92 Å². The zero-order valence-corrected chi connectivity index (χ0v) is 14.4. The third kappa shape index (κ3) is 8.06. The SMILES string of the molecule is OCCC[C@@H](/C=C/COCc1ccccc1)CCCC1OCCO1. The minimum atomic E-state index is -0.0123. The molecule has 134 valence electrons. The number of hydrogen-bond donors (Lipinski definition) is 1. The predicted molar refractivity (Wildman–Crippen MR) is 94.6 cm³/mol. The highest BCUT2D eigenvalue weighted by Gasteiger charge is 2.15. The number of allylic oxidation sites excluding steroid dienone is 1. The number of ether oxygens (including phenoxy) is 3. The van der Waals surface area contributed by atoms with Gasteiger partial charge in [-0.05, 0) is 43.6 Å². The lowest BCUT2D eigenvalue weighted by atomic mass is 9.96. The summed E-state index contributed by atoms with van der Waals surface area (Å²) in [6.45, 7) is 2.96. The zero-order chi connectivity index (χ0) is 16.9. The van der Waals surface area contributed by atoms with E-state index in [1.165, 1.54) is 5.56 Å². The van der Waals surface area contributed by atoms with E-state index in [9.17, 15) is 0 Å². The van der Waals surface area contributed by atoms with Gasteiger partial charge in [-0.2, -0.15) is 0 Å². The molecule has 1 aromatic carbocycles. The Hall–Kier alpha value is -1.20. The Balaban J connectivity index is 1.62. The van der Waals surface area contributed by atoms with Gasteiger partial charge in [0.05, 0.1) is 26.4 Å². The van der Waals surface area contributed by atoms with Crippen LogP contribution < -0.4 is 0 Å². The summed E-state index contributed by atoms with van der Waals surface area (Å²) in [7, 11) is 0. The van der Waals surface area contributed by atoms with Gasteiger partial charge in [-0.25, -0.2) is 0 Å². The monoisotopic (exact) mass is 334 g/mol. The number of aliphatic hydroxyl groups excluding tert-OH is 1. The molecule has 2 rings (SSSR count). The van der Waals surface area contributed by atoms with Crippen LogP contribution in [0.5, 0.6) is 0 Å². The normalized spacial score (nSPS) is 16.9. The molecule has 0 radical (unpaired) electrons. The Morgan fingerprint density at radius 3 is 2.62 bits per heavy atom. The largest absolute Gasteiger partial charge is 0.396 e. The van der Waals surface area contributed by atoms with Crippen molar-refractivity contribution in [3.63, 3.8) is 0 Å². The summed E-state index contributed by atoms with van der Waals surface area (Å²) in [5, 5.41) is 9.06. The fourth-order valence-corrected chi connectivity index (χ4v) is 2.88. The van der Waals surface area contributed by atoms with Crippen molar-refractivity contribution < 1.29 is 19.3 Å². The molecule has 0 aromatic heterocycles. The van der Waals surface area contributed by atoms with Crippen molar-refractivity contribution in [3.8, 4) is 0 Å². The van der Waals surface area contributed by atoms with Crippen LogP contribution in [0.15, 0.2) is 42.5 Å². The molecule has 0 unspecified atom stereocenters. The van der Waals surface area contributed by atoms with E-state index in [1.807, 2.05) is 18.2 Å². The van der Waals surface area contributed by atoms with Crippen LogP contribution in [0.3, 0.4) is 0 Å². The van der Waals surface area contributed by atoms with Crippen molar-refractivity contribution in [1.29, 1.82) is 0 Å². The lowest BCUT2D eigenvalue weighted by molar-refractivity contribution is -0.0483. The van der Waals surface area contributed by atoms with Crippen LogP contribution in [0.2, 0.25) is 0 Å². The Labute approximate surface area is 145 Å². The fraction of sp³-hybridized carbons (Fsp3) is 0.600. The van der Waals surface area contributed by atoms with Gasteiger partial charge in [-0.3, -0.25) is 0 Å². The lowest BCUT2D eigenvalue weighted by Crippen LogP contribution is -2.08. The Morgan fingerprint density at radius 1 is 1.12 bits per heavy atom. The van der Waals surface area contributed by atoms with Crippen LogP contribution in [-0.2, 0) is 20.8 Å². The topological polar surface area (TPSA) is 47.9 Å². The fourth-order valence-electron chi connectivity index (χ4n) is 2.88. The summed E-state index contributed by atoms with van der Waals surface area (Å²) in [5.41, 5.74) is 1.19. The Kier molecular flexibility index (Phi) is 9.73. The van der Waals surface area contributed by atoms with Crippen LogP contribution in [0.25, 0.3) is 0 Å². The molecule has 4 nitrogen and oxygen atoms in total. The number of hydrogen-bond acceptors (Lipinski definition) is 4. The van der Waals surface area contributed by atoms with Gasteiger partial charge in [0.15, 0.2) is 6.29 Å². The minimum Gasteiger partial charge on any atom is -0.396 e. The Morgan fingerprint density at radius 2 is 1.88 bits per heavy atom. The molecule has 0 spiro atoms. The maximum absolute atomic E-state index is 9.06. The van der Waals surface area contributed by atoms with Crippen LogP contribution >= 0.6 is 0 Å². The molecule has 1 atom stereocenters. The molecule has 0 bridgehead atoms. The highest BCUT2D eigenvalue weighted by atomic mass is 16.7. The van der Waals surface area contributed by atoms with E-state index in [-0.39, 0.29) is 12.9 Å². The third-order valence-corrected chi connectivity index (χ3v) is 4.17. The molecular weight excluding hydrogens is 304 g/mol. The number of rotatable bonds is 12. The summed E-state index contributed by atoms with van der Waals surface area (Å²) in [5.74, 6) is 0.485. The lowest BCUT2D eigenvalue weighted by Gasteiger charge is -2.14. The van der Waals surface area contributed by atoms with Crippen molar-refractivity contribution in [1.82, 2.24) is 0 Å². The van der Waals surface area contributed by atoms with E-state index in [0.717, 1.165) is 45.3 Å². The van der Waals surface area contributed by atoms with Gasteiger partial charge < -0.3 is 19.3 Å². The third-order valence-electron chi connectivity index (χ3n) is 4.17. The van der Waals surface area contributed by atoms with Gasteiger partial charge in [-0.15, -0.1) is 0 Å². The second kappa shape index (κ2) is 12.2. The van der Waals surface area contributed by atoms with Crippen LogP contribution in [0.1, 0.15) is 37.7 Å². The van der Waals surface area contributed by atoms with Gasteiger partial charge in [0.1, 0.15) is 0 Å². The van der Waals surface area contributed by atoms with Gasteiger partial charge in [0, 0.05) is 6.61 Å². The summed E-state index contributed by atoms with van der Waals surface area (Å²) >= 11 is 0. The first-order valence-corrected chi connectivity index (χ1v) is 9.01. The van der Waals surface area contributed by atoms with Gasteiger partial charge in [0.25, 0.3) is 0 Å². The number of aliphatic hydroxyl groups is 1. The van der Waals surface area contributed by atoms with E-state index >= 15 is 0 Å². The molecule has 0 amide bonds. The molecule has 1 aliphatic rings. The quantitative estimate of drug-likeness (QED) is 0.468. The van der Waals surface area contributed by atoms with Gasteiger partial charge in [0.2, 0.25) is 0 Å². The molecule has 0 aliphatic carbocycles. The summed E-state index contributed by atoms with van der Waals surface area (Å²) in [6, 6.07) is 10.2. The molecule has 1 heterocycles. The molecule has 1 N–H and O–H groups in total. The van der Waals surface area contributed by atoms with Crippen molar-refractivity contribution >= 4 is 0 Å². The van der Waals surface area contributed by atoms with Crippen LogP contribution in [0.4, 0.5) is 0 Å². The van der Waals surface area contributed by atoms with E-state index in [4.69, 9.17) is 19.3 Å². The summed E-state index contributed by atoms with van der Waals surface area (Å²) in [4.78, 5) is 0. The standard InChI is InChI=1S/C20H30O4/c21-13-5-10-18(9-4-12-20-23-15-16-24-20)11-6-14-22-17-19-7-2-1-3-8-19/h1-3,6-8,11,18,20-21H,4-5,9-10,12-17H2/b11-6+/t18-/m0/s1. The van der Waals surface area contributed by atoms with Gasteiger partial charge >= 0.3 is 0 Å². The van der Waals surface area contributed by atoms with Crippen molar-refractivity contribution in [3.05, 3.63) is 48.0 Å². The molecule has 4 heteroatoms. The molecule has 0 saturated carbocycles. The minimum absolute atomic E-state index is 0.0123. The molecule has 1 aromatic rings. The molecule has 24 heavy (non-hydrogen) atoms. The zero-order valence-electron chi connectivity index (χ0n) is 14.4. The highest BCUT2D eigenvalue weighted by molar-refractivity contribution is 5.13. The molecule has 1 fully saturated rings. The predicted octanol–water partition coefficient (Wildman–Crippen LogP) is 3.69. The van der Waals surface area contributed by atoms with Crippen LogP contribution in [-0.4, -0.2) is 37.8 Å². The first-order valence-electron chi connectivity index (χ1n) is 9.01. The molecular formula is C20H30O4. The van der Waals surface area contributed by atoms with E-state index in [0.29, 0.717) is 19.1 Å². The first kappa shape index (κ1) is 19.1. The highest BCUT2D eigenvalue weighted by Crippen LogP contribution is 2.19. The van der Waals surface area contributed by atoms with E-state index in [1.54, 1.807) is 0 Å². The van der Waals surface area contributed by atoms with E-state index in [2.05, 4.69) is 24.3 Å². The summed E-state index contributed by atoms with van der Waals surface area (Å²) < 4.78 is 16.6. The summed E-state index contributed by atoms with van der Waals surface area (Å²) in [6.07, 6.45) is 9.31. The first-order chi connectivity index (χ1) is 11.9. The Bertz CT molecular complexity index is 440. The maximum Gasteiger partial charge on any atom is 0.157 e. The number of benzene rings is 1. The molecule has 1 saturated heterocycles. The van der Waals surface area contributed by atoms with Crippen molar-refractivity contribution in [2.45, 2.75) is 45.0 Å². The van der Waals surface area contributed by atoms with Crippen LogP contribution in [0, 0.1) is 5.92 Å². The van der Waals surface area contributed by atoms with E-state index < -0.39 is 0 Å².